The van der Waals surface area contributed by atoms with Crippen LogP contribution in [0.5, 0.6) is 0 Å². The van der Waals surface area contributed by atoms with E-state index >= 15 is 0 Å². The summed E-state index contributed by atoms with van der Waals surface area (Å²) in [7, 11) is 1.53. The van der Waals surface area contributed by atoms with Gasteiger partial charge in [0.2, 0.25) is 11.8 Å². The maximum absolute atomic E-state index is 12.2. The highest BCUT2D eigenvalue weighted by molar-refractivity contribution is 5.92. The van der Waals surface area contributed by atoms with E-state index in [1.54, 1.807) is 24.3 Å². The Kier molecular flexibility index (Phi) is 8.14. The molecule has 158 valence electrons. The van der Waals surface area contributed by atoms with Gasteiger partial charge in [-0.1, -0.05) is 32.0 Å². The summed E-state index contributed by atoms with van der Waals surface area (Å²) < 4.78 is 15.0. The van der Waals surface area contributed by atoms with Crippen LogP contribution in [0.15, 0.2) is 28.8 Å². The molecule has 0 aliphatic heterocycles. The predicted molar refractivity (Wildman–Crippen MR) is 108 cm³/mol. The van der Waals surface area contributed by atoms with Crippen LogP contribution in [-0.2, 0) is 26.1 Å². The van der Waals surface area contributed by atoms with Crippen molar-refractivity contribution < 1.29 is 23.6 Å². The van der Waals surface area contributed by atoms with Crippen LogP contribution >= 0.6 is 0 Å². The number of rotatable bonds is 9. The summed E-state index contributed by atoms with van der Waals surface area (Å²) in [6.07, 6.45) is 0.844. The van der Waals surface area contributed by atoms with E-state index in [0.29, 0.717) is 49.0 Å². The van der Waals surface area contributed by atoms with Crippen molar-refractivity contribution >= 4 is 23.4 Å². The quantitative estimate of drug-likeness (QED) is 0.614. The van der Waals surface area contributed by atoms with Crippen LogP contribution in [0.4, 0.5) is 16.2 Å². The monoisotopic (exact) mass is 404 g/mol. The number of carbonyl (C=O) groups excluding carboxylic acids is 2. The van der Waals surface area contributed by atoms with Gasteiger partial charge < -0.3 is 19.3 Å². The Morgan fingerprint density at radius 2 is 1.86 bits per heavy atom. The van der Waals surface area contributed by atoms with Crippen molar-refractivity contribution in [2.75, 3.05) is 31.0 Å². The summed E-state index contributed by atoms with van der Waals surface area (Å²) in [5, 5.41) is 9.38. The average Bonchev–Trinajstić information content (AvgIpc) is 3.11. The Morgan fingerprint density at radius 1 is 1.14 bits per heavy atom. The maximum atomic E-state index is 12.2. The third-order valence-corrected chi connectivity index (χ3v) is 3.85. The topological polar surface area (TPSA) is 116 Å². The number of carbonyl (C=O) groups is 2. The fraction of sp³-hybridized carbons (Fsp3) is 0.500. The number of nitrogens with one attached hydrogen (secondary N) is 2. The van der Waals surface area contributed by atoms with Gasteiger partial charge in [0.25, 0.3) is 0 Å². The number of benzene rings is 1. The van der Waals surface area contributed by atoms with E-state index in [1.165, 1.54) is 7.11 Å². The fourth-order valence-electron chi connectivity index (χ4n) is 2.33. The molecule has 2 amide bonds. The molecule has 0 aliphatic rings. The molecule has 0 unspecified atom stereocenters. The lowest BCUT2D eigenvalue weighted by Crippen LogP contribution is -2.17. The molecule has 29 heavy (non-hydrogen) atoms. The number of nitrogens with zero attached hydrogens (tertiary/aromatic N) is 2. The molecule has 1 aromatic heterocycles. The van der Waals surface area contributed by atoms with Gasteiger partial charge in [0.05, 0.1) is 6.61 Å². The molecule has 0 fully saturated rings. The van der Waals surface area contributed by atoms with Crippen molar-refractivity contribution in [3.05, 3.63) is 36.0 Å². The lowest BCUT2D eigenvalue weighted by atomic mass is 9.96. The molecule has 0 saturated carbocycles. The van der Waals surface area contributed by atoms with Crippen LogP contribution in [0, 0.1) is 0 Å². The first-order valence-electron chi connectivity index (χ1n) is 9.43. The zero-order valence-corrected chi connectivity index (χ0v) is 17.3. The van der Waals surface area contributed by atoms with Gasteiger partial charge >= 0.3 is 6.09 Å². The summed E-state index contributed by atoms with van der Waals surface area (Å²) in [6, 6.07) is 6.83. The first-order chi connectivity index (χ1) is 13.8. The molecule has 0 radical (unpaired) electrons. The number of aromatic nitrogens is 2. The van der Waals surface area contributed by atoms with E-state index < -0.39 is 6.09 Å². The smallest absolute Gasteiger partial charge is 0.411 e. The van der Waals surface area contributed by atoms with Crippen molar-refractivity contribution in [2.45, 2.75) is 45.4 Å². The Bertz CT molecular complexity index is 813. The minimum absolute atomic E-state index is 0.139. The van der Waals surface area contributed by atoms with E-state index in [2.05, 4.69) is 20.8 Å². The van der Waals surface area contributed by atoms with E-state index in [4.69, 9.17) is 14.0 Å². The molecule has 0 aliphatic carbocycles. The van der Waals surface area contributed by atoms with Gasteiger partial charge in [-0.3, -0.25) is 10.1 Å². The van der Waals surface area contributed by atoms with Crippen molar-refractivity contribution in [1.29, 1.82) is 0 Å². The van der Waals surface area contributed by atoms with Crippen molar-refractivity contribution in [1.82, 2.24) is 10.1 Å². The first kappa shape index (κ1) is 22.4. The number of hydrogen-bond donors (Lipinski definition) is 2. The molecule has 9 nitrogen and oxygen atoms in total. The van der Waals surface area contributed by atoms with Gasteiger partial charge in [-0.2, -0.15) is 4.98 Å². The Labute approximate surface area is 170 Å². The van der Waals surface area contributed by atoms with Crippen LogP contribution in [-0.4, -0.2) is 42.5 Å². The minimum atomic E-state index is -0.584. The molecule has 0 atom stereocenters. The normalized spacial score (nSPS) is 11.2. The summed E-state index contributed by atoms with van der Waals surface area (Å²) in [5.74, 6) is 1.04. The lowest BCUT2D eigenvalue weighted by molar-refractivity contribution is -0.116. The van der Waals surface area contributed by atoms with Crippen molar-refractivity contribution in [3.63, 3.8) is 0 Å². The molecule has 2 rings (SSSR count). The second kappa shape index (κ2) is 10.6. The molecule has 9 heteroatoms. The summed E-state index contributed by atoms with van der Waals surface area (Å²) in [4.78, 5) is 28.2. The number of ether oxygens (including phenoxy) is 2. The Hall–Kier alpha value is -2.94. The molecule has 1 aromatic carbocycles. The number of aryl methyl sites for hydroxylation is 1. The van der Waals surface area contributed by atoms with E-state index in [1.807, 2.05) is 20.8 Å². The number of anilines is 2. The van der Waals surface area contributed by atoms with Crippen molar-refractivity contribution in [3.8, 4) is 0 Å². The van der Waals surface area contributed by atoms with Crippen LogP contribution in [0.1, 0.15) is 45.3 Å². The lowest BCUT2D eigenvalue weighted by Gasteiger charge is -2.10. The highest BCUT2D eigenvalue weighted by Gasteiger charge is 2.20. The van der Waals surface area contributed by atoms with E-state index in [9.17, 15) is 9.59 Å². The van der Waals surface area contributed by atoms with E-state index in [0.717, 1.165) is 0 Å². The zero-order chi connectivity index (χ0) is 21.3. The standard InChI is InChI=1S/C20H28N4O5/c1-20(2,3)18-23-17(29-24-18)10-6-9-16(25)21-14-7-5-8-15(13-14)22-19(26)28-12-11-27-4/h5,7-8,13H,6,9-12H2,1-4H3,(H,21,25)(H,22,26). The summed E-state index contributed by atoms with van der Waals surface area (Å²) >= 11 is 0. The predicted octanol–water partition coefficient (Wildman–Crippen LogP) is 3.52. The van der Waals surface area contributed by atoms with E-state index in [-0.39, 0.29) is 17.9 Å². The number of amides is 2. The van der Waals surface area contributed by atoms with Gasteiger partial charge in [0.1, 0.15) is 6.61 Å². The summed E-state index contributed by atoms with van der Waals surface area (Å²) in [6.45, 7) is 6.52. The fourth-order valence-corrected chi connectivity index (χ4v) is 2.33. The van der Waals surface area contributed by atoms with Gasteiger partial charge in [-0.05, 0) is 24.6 Å². The van der Waals surface area contributed by atoms with Crippen LogP contribution in [0.2, 0.25) is 0 Å². The van der Waals surface area contributed by atoms with Crippen LogP contribution in [0.25, 0.3) is 0 Å². The molecule has 0 spiro atoms. The third kappa shape index (κ3) is 7.90. The van der Waals surface area contributed by atoms with Gasteiger partial charge in [-0.15, -0.1) is 0 Å². The minimum Gasteiger partial charge on any atom is -0.447 e. The van der Waals surface area contributed by atoms with Crippen molar-refractivity contribution in [2.24, 2.45) is 0 Å². The Morgan fingerprint density at radius 3 is 2.52 bits per heavy atom. The first-order valence-corrected chi connectivity index (χ1v) is 9.43. The molecule has 2 N–H and O–H groups in total. The second-order valence-electron chi connectivity index (χ2n) is 7.50. The molecule has 0 saturated heterocycles. The largest absolute Gasteiger partial charge is 0.447 e. The third-order valence-electron chi connectivity index (χ3n) is 3.85. The highest BCUT2D eigenvalue weighted by atomic mass is 16.6. The summed E-state index contributed by atoms with van der Waals surface area (Å²) in [5.41, 5.74) is 0.928. The SMILES string of the molecule is COCCOC(=O)Nc1cccc(NC(=O)CCCc2nc(C(C)(C)C)no2)c1. The second-order valence-corrected chi connectivity index (χ2v) is 7.50. The van der Waals surface area contributed by atoms with Gasteiger partial charge in [-0.25, -0.2) is 4.79 Å². The zero-order valence-electron chi connectivity index (χ0n) is 17.3. The highest BCUT2D eigenvalue weighted by Crippen LogP contribution is 2.19. The number of methoxy groups -OCH3 is 1. The Balaban J connectivity index is 1.77. The maximum Gasteiger partial charge on any atom is 0.411 e. The molecular formula is C20H28N4O5. The van der Waals surface area contributed by atoms with Gasteiger partial charge in [0.15, 0.2) is 5.82 Å². The number of hydrogen-bond acceptors (Lipinski definition) is 7. The molecule has 2 aromatic rings. The molecular weight excluding hydrogens is 376 g/mol. The average molecular weight is 404 g/mol. The molecule has 0 bridgehead atoms. The van der Waals surface area contributed by atoms with Crippen LogP contribution < -0.4 is 10.6 Å². The van der Waals surface area contributed by atoms with Gasteiger partial charge in [0, 0.05) is 36.7 Å². The molecule has 1 heterocycles. The van der Waals surface area contributed by atoms with Crippen LogP contribution in [0.3, 0.4) is 0 Å².